The molecule has 65 valence electrons. The highest BCUT2D eigenvalue weighted by molar-refractivity contribution is 5.32. The second-order valence-corrected chi connectivity index (χ2v) is 2.50. The molecule has 1 aromatic carbocycles. The topological polar surface area (TPSA) is 17.8 Å². The Morgan fingerprint density at radius 3 is 2.69 bits per heavy atom. The standard InChI is InChI=1S/C9H5F2N2/c10-8-2-1-7(5-9(8)11)13-4-3-12-6-13/h1-5H. The predicted molar refractivity (Wildman–Crippen MR) is 42.3 cm³/mol. The average molecular weight is 179 g/mol. The maximum atomic E-state index is 12.7. The summed E-state index contributed by atoms with van der Waals surface area (Å²) < 4.78 is 26.8. The Morgan fingerprint density at radius 2 is 2.08 bits per heavy atom. The summed E-state index contributed by atoms with van der Waals surface area (Å²) >= 11 is 0. The van der Waals surface area contributed by atoms with Gasteiger partial charge in [-0.05, 0) is 12.1 Å². The van der Waals surface area contributed by atoms with Crippen LogP contribution in [0.2, 0.25) is 0 Å². The first-order valence-corrected chi connectivity index (χ1v) is 3.64. The van der Waals surface area contributed by atoms with Gasteiger partial charge < -0.3 is 0 Å². The Hall–Kier alpha value is -1.71. The zero-order valence-corrected chi connectivity index (χ0v) is 6.54. The van der Waals surface area contributed by atoms with E-state index in [1.54, 1.807) is 6.20 Å². The van der Waals surface area contributed by atoms with Gasteiger partial charge in [0.15, 0.2) is 18.0 Å². The molecule has 0 saturated heterocycles. The lowest BCUT2D eigenvalue weighted by Crippen LogP contribution is -1.93. The molecule has 13 heavy (non-hydrogen) atoms. The van der Waals surface area contributed by atoms with E-state index in [0.717, 1.165) is 12.1 Å². The van der Waals surface area contributed by atoms with Crippen LogP contribution in [0.3, 0.4) is 0 Å². The van der Waals surface area contributed by atoms with Crippen LogP contribution in [-0.4, -0.2) is 9.55 Å². The van der Waals surface area contributed by atoms with Gasteiger partial charge in [0.2, 0.25) is 0 Å². The Bertz CT molecular complexity index is 410. The van der Waals surface area contributed by atoms with E-state index < -0.39 is 11.6 Å². The molecule has 0 N–H and O–H groups in total. The predicted octanol–water partition coefficient (Wildman–Crippen LogP) is 1.95. The van der Waals surface area contributed by atoms with E-state index in [9.17, 15) is 8.78 Å². The minimum Gasteiger partial charge on any atom is -0.297 e. The second-order valence-electron chi connectivity index (χ2n) is 2.50. The number of nitrogens with zero attached hydrogens (tertiary/aromatic N) is 2. The van der Waals surface area contributed by atoms with Gasteiger partial charge in [0.25, 0.3) is 0 Å². The van der Waals surface area contributed by atoms with E-state index >= 15 is 0 Å². The van der Waals surface area contributed by atoms with Gasteiger partial charge in [-0.3, -0.25) is 4.57 Å². The number of rotatable bonds is 1. The first-order chi connectivity index (χ1) is 6.27. The molecule has 0 aliphatic carbocycles. The summed E-state index contributed by atoms with van der Waals surface area (Å²) in [4.78, 5) is 3.67. The smallest absolute Gasteiger partial charge is 0.181 e. The van der Waals surface area contributed by atoms with Gasteiger partial charge >= 0.3 is 0 Å². The molecule has 0 unspecified atom stereocenters. The van der Waals surface area contributed by atoms with Crippen molar-refractivity contribution in [3.63, 3.8) is 0 Å². The summed E-state index contributed by atoms with van der Waals surface area (Å²) in [7, 11) is 0. The summed E-state index contributed by atoms with van der Waals surface area (Å²) in [5, 5.41) is 0. The van der Waals surface area contributed by atoms with E-state index in [-0.39, 0.29) is 0 Å². The van der Waals surface area contributed by atoms with Crippen molar-refractivity contribution in [3.05, 3.63) is 48.6 Å². The Morgan fingerprint density at radius 1 is 1.23 bits per heavy atom. The number of benzene rings is 1. The highest BCUT2D eigenvalue weighted by atomic mass is 19.2. The molecule has 0 amide bonds. The molecule has 0 spiro atoms. The molecular weight excluding hydrogens is 174 g/mol. The molecular formula is C9H5F2N2. The third-order valence-electron chi connectivity index (χ3n) is 1.64. The largest absolute Gasteiger partial charge is 0.297 e. The number of aromatic nitrogens is 2. The molecule has 2 rings (SSSR count). The van der Waals surface area contributed by atoms with Crippen LogP contribution in [-0.2, 0) is 0 Å². The fraction of sp³-hybridized carbons (Fsp3) is 0. The van der Waals surface area contributed by atoms with Crippen molar-refractivity contribution in [2.75, 3.05) is 0 Å². The normalized spacial score (nSPS) is 10.3. The van der Waals surface area contributed by atoms with E-state index in [1.807, 2.05) is 0 Å². The van der Waals surface area contributed by atoms with Crippen LogP contribution in [0, 0.1) is 18.0 Å². The SMILES string of the molecule is Fc1ccc(-n2[c]ncc2)cc1F. The van der Waals surface area contributed by atoms with Crippen molar-refractivity contribution in [3.8, 4) is 5.69 Å². The van der Waals surface area contributed by atoms with E-state index in [1.165, 1.54) is 16.8 Å². The second kappa shape index (κ2) is 2.97. The Balaban J connectivity index is 2.49. The van der Waals surface area contributed by atoms with Crippen molar-refractivity contribution < 1.29 is 8.78 Å². The fourth-order valence-electron chi connectivity index (χ4n) is 1.01. The zero-order chi connectivity index (χ0) is 9.26. The first kappa shape index (κ1) is 7.91. The molecule has 0 atom stereocenters. The van der Waals surface area contributed by atoms with Gasteiger partial charge in [0.05, 0.1) is 5.69 Å². The van der Waals surface area contributed by atoms with Crippen molar-refractivity contribution in [1.82, 2.24) is 9.55 Å². The molecule has 1 radical (unpaired) electrons. The lowest BCUT2D eigenvalue weighted by molar-refractivity contribution is 0.508. The van der Waals surface area contributed by atoms with Gasteiger partial charge in [0, 0.05) is 18.5 Å². The van der Waals surface area contributed by atoms with Gasteiger partial charge in [-0.15, -0.1) is 0 Å². The third kappa shape index (κ3) is 1.42. The van der Waals surface area contributed by atoms with Gasteiger partial charge in [0.1, 0.15) is 0 Å². The van der Waals surface area contributed by atoms with E-state index in [0.29, 0.717) is 5.69 Å². The molecule has 0 aliphatic rings. The van der Waals surface area contributed by atoms with Crippen LogP contribution in [0.5, 0.6) is 0 Å². The lowest BCUT2D eigenvalue weighted by Gasteiger charge is -2.00. The maximum Gasteiger partial charge on any atom is 0.181 e. The molecule has 0 fully saturated rings. The number of imidazole rings is 1. The summed E-state index contributed by atoms with van der Waals surface area (Å²) in [5.74, 6) is -1.73. The first-order valence-electron chi connectivity index (χ1n) is 3.64. The molecule has 0 aliphatic heterocycles. The minimum atomic E-state index is -0.875. The fourth-order valence-corrected chi connectivity index (χ4v) is 1.01. The quantitative estimate of drug-likeness (QED) is 0.654. The summed E-state index contributed by atoms with van der Waals surface area (Å²) in [6.45, 7) is 0. The molecule has 1 aromatic heterocycles. The maximum absolute atomic E-state index is 12.7. The molecule has 2 nitrogen and oxygen atoms in total. The molecule has 0 bridgehead atoms. The summed E-state index contributed by atoms with van der Waals surface area (Å²) in [6, 6.07) is 3.61. The van der Waals surface area contributed by atoms with Gasteiger partial charge in [-0.25, -0.2) is 13.8 Å². The van der Waals surface area contributed by atoms with Crippen molar-refractivity contribution in [2.24, 2.45) is 0 Å². The van der Waals surface area contributed by atoms with Crippen LogP contribution in [0.1, 0.15) is 0 Å². The van der Waals surface area contributed by atoms with E-state index in [4.69, 9.17) is 0 Å². The third-order valence-corrected chi connectivity index (χ3v) is 1.64. The number of hydrogen-bond donors (Lipinski definition) is 0. The van der Waals surface area contributed by atoms with Crippen LogP contribution in [0.15, 0.2) is 30.6 Å². The van der Waals surface area contributed by atoms with Crippen molar-refractivity contribution in [2.45, 2.75) is 0 Å². The van der Waals surface area contributed by atoms with Crippen LogP contribution in [0.25, 0.3) is 5.69 Å². The highest BCUT2D eigenvalue weighted by Gasteiger charge is 2.03. The van der Waals surface area contributed by atoms with Crippen molar-refractivity contribution >= 4 is 0 Å². The van der Waals surface area contributed by atoms with Crippen LogP contribution >= 0.6 is 0 Å². The van der Waals surface area contributed by atoms with Crippen molar-refractivity contribution in [1.29, 1.82) is 0 Å². The highest BCUT2D eigenvalue weighted by Crippen LogP contribution is 2.11. The Labute approximate surface area is 73.5 Å². The Kier molecular flexibility index (Phi) is 1.81. The molecule has 1 heterocycles. The zero-order valence-electron chi connectivity index (χ0n) is 6.54. The average Bonchev–Trinajstić information content (AvgIpc) is 2.62. The molecule has 4 heteroatoms. The van der Waals surface area contributed by atoms with Crippen LogP contribution < -0.4 is 0 Å². The lowest BCUT2D eigenvalue weighted by atomic mass is 10.3. The minimum absolute atomic E-state index is 0.497. The number of hydrogen-bond acceptors (Lipinski definition) is 1. The summed E-state index contributed by atoms with van der Waals surface area (Å²) in [5.41, 5.74) is 0.497. The van der Waals surface area contributed by atoms with Gasteiger partial charge in [-0.2, -0.15) is 0 Å². The van der Waals surface area contributed by atoms with E-state index in [2.05, 4.69) is 11.3 Å². The summed E-state index contributed by atoms with van der Waals surface area (Å²) in [6.07, 6.45) is 5.70. The monoisotopic (exact) mass is 179 g/mol. The molecule has 2 aromatic rings. The molecule has 0 saturated carbocycles. The van der Waals surface area contributed by atoms with Gasteiger partial charge in [-0.1, -0.05) is 0 Å². The number of halogens is 2. The van der Waals surface area contributed by atoms with Crippen LogP contribution in [0.4, 0.5) is 8.78 Å².